The van der Waals surface area contributed by atoms with Gasteiger partial charge in [-0.3, -0.25) is 9.59 Å². The fourth-order valence-electron chi connectivity index (χ4n) is 7.67. The zero-order valence-corrected chi connectivity index (χ0v) is 41.8. The van der Waals surface area contributed by atoms with Gasteiger partial charge in [0, 0.05) is 21.3 Å². The third-order valence-corrected chi connectivity index (χ3v) is 14.7. The minimum Gasteiger partial charge on any atom is -0.427 e. The van der Waals surface area contributed by atoms with E-state index in [1.807, 2.05) is 72.1 Å². The van der Waals surface area contributed by atoms with Gasteiger partial charge in [-0.05, 0) is 72.9 Å². The van der Waals surface area contributed by atoms with Crippen LogP contribution in [0.25, 0.3) is 0 Å². The fraction of sp³-hybridized carbons (Fsp3) is 0.741. The van der Waals surface area contributed by atoms with E-state index in [2.05, 4.69) is 13.8 Å². The number of hydrogen-bond donors (Lipinski definition) is 0. The summed E-state index contributed by atoms with van der Waals surface area (Å²) < 4.78 is 11.2. The lowest BCUT2D eigenvalue weighted by Gasteiger charge is -2.07. The lowest BCUT2D eigenvalue weighted by Crippen LogP contribution is -2.09. The Morgan fingerprint density at radius 3 is 0.852 bits per heavy atom. The van der Waals surface area contributed by atoms with Gasteiger partial charge in [0.1, 0.15) is 11.5 Å². The van der Waals surface area contributed by atoms with Gasteiger partial charge in [-0.25, -0.2) is 0 Å². The summed E-state index contributed by atoms with van der Waals surface area (Å²) in [6, 6.07) is 15.3. The minimum atomic E-state index is -0.168. The maximum Gasteiger partial charge on any atom is 0.312 e. The first kappa shape index (κ1) is 55.6. The Morgan fingerprint density at radius 1 is 0.344 bits per heavy atom. The van der Waals surface area contributed by atoms with Gasteiger partial charge >= 0.3 is 11.9 Å². The lowest BCUT2D eigenvalue weighted by molar-refractivity contribution is -0.134. The molecular formula is C54H90O4S3. The number of unbranched alkanes of at least 4 members (excludes halogenated alkanes) is 30. The van der Waals surface area contributed by atoms with E-state index >= 15 is 0 Å². The van der Waals surface area contributed by atoms with E-state index in [0.29, 0.717) is 24.3 Å². The minimum absolute atomic E-state index is 0.168. The molecule has 0 saturated carbocycles. The van der Waals surface area contributed by atoms with E-state index in [9.17, 15) is 9.59 Å². The van der Waals surface area contributed by atoms with Crippen molar-refractivity contribution in [3.05, 3.63) is 48.5 Å². The highest BCUT2D eigenvalue weighted by Gasteiger charge is 2.08. The number of ether oxygens (including phenoxy) is 2. The van der Waals surface area contributed by atoms with E-state index < -0.39 is 0 Å². The van der Waals surface area contributed by atoms with Crippen molar-refractivity contribution in [3.63, 3.8) is 0 Å². The number of benzene rings is 2. The largest absolute Gasteiger partial charge is 0.427 e. The van der Waals surface area contributed by atoms with Crippen LogP contribution < -0.4 is 9.47 Å². The van der Waals surface area contributed by atoms with Crippen molar-refractivity contribution in [2.75, 3.05) is 23.0 Å². The van der Waals surface area contributed by atoms with E-state index in [-0.39, 0.29) is 11.9 Å². The first-order chi connectivity index (χ1) is 30.1. The third kappa shape index (κ3) is 35.5. The second-order valence-corrected chi connectivity index (χ2v) is 20.9. The topological polar surface area (TPSA) is 52.6 Å². The zero-order valence-electron chi connectivity index (χ0n) is 39.3. The molecule has 0 saturated heterocycles. The first-order valence-corrected chi connectivity index (χ1v) is 28.7. The molecule has 0 amide bonds. The smallest absolute Gasteiger partial charge is 0.312 e. The number of rotatable bonds is 44. The van der Waals surface area contributed by atoms with Gasteiger partial charge in [-0.15, -0.1) is 0 Å². The molecule has 0 N–H and O–H groups in total. The van der Waals surface area contributed by atoms with Crippen LogP contribution in [0, 0.1) is 0 Å². The summed E-state index contributed by atoms with van der Waals surface area (Å²) in [6.45, 7) is 4.58. The molecule has 4 nitrogen and oxygen atoms in total. The summed E-state index contributed by atoms with van der Waals surface area (Å²) in [6.07, 6.45) is 45.4. The van der Waals surface area contributed by atoms with Crippen LogP contribution in [0.3, 0.4) is 0 Å². The highest BCUT2D eigenvalue weighted by atomic mass is 32.2. The van der Waals surface area contributed by atoms with Gasteiger partial charge in [0.25, 0.3) is 0 Å². The molecule has 0 aliphatic rings. The van der Waals surface area contributed by atoms with Crippen LogP contribution in [0.1, 0.15) is 232 Å². The van der Waals surface area contributed by atoms with Crippen LogP contribution in [0.15, 0.2) is 58.3 Å². The van der Waals surface area contributed by atoms with E-state index in [4.69, 9.17) is 9.47 Å². The van der Waals surface area contributed by atoms with Gasteiger partial charge in [0.2, 0.25) is 0 Å². The summed E-state index contributed by atoms with van der Waals surface area (Å²) in [7, 11) is 0. The Bertz CT molecular complexity index is 1170. The molecule has 0 heterocycles. The molecule has 0 atom stereocenters. The average Bonchev–Trinajstić information content (AvgIpc) is 3.26. The van der Waals surface area contributed by atoms with Gasteiger partial charge in [-0.2, -0.15) is 23.5 Å². The Labute approximate surface area is 389 Å². The molecule has 0 radical (unpaired) electrons. The summed E-state index contributed by atoms with van der Waals surface area (Å²) in [5.41, 5.74) is 0. The Morgan fingerprint density at radius 2 is 0.590 bits per heavy atom. The Balaban J connectivity index is 1.38. The van der Waals surface area contributed by atoms with Crippen molar-refractivity contribution in [1.82, 2.24) is 0 Å². The Kier molecular flexibility index (Phi) is 38.6. The van der Waals surface area contributed by atoms with Crippen LogP contribution >= 0.6 is 35.3 Å². The van der Waals surface area contributed by atoms with Crippen molar-refractivity contribution in [2.24, 2.45) is 0 Å². The molecule has 2 aromatic rings. The molecule has 0 fully saturated rings. The monoisotopic (exact) mass is 899 g/mol. The van der Waals surface area contributed by atoms with Crippen LogP contribution in [0.4, 0.5) is 0 Å². The number of esters is 2. The van der Waals surface area contributed by atoms with Crippen molar-refractivity contribution in [1.29, 1.82) is 0 Å². The van der Waals surface area contributed by atoms with Crippen LogP contribution in [-0.2, 0) is 9.59 Å². The standard InChI is InChI=1S/C54H90O4S3/c1-3-5-7-9-11-13-15-17-19-21-23-25-27-29-31-33-45-59-47-43-53(55)57-49-35-39-51(40-36-49)61-52-41-37-50(38-42-52)58-54(56)44-48-60-46-34-32-30-28-26-24-22-20-18-16-14-12-10-8-6-4-2/h35-42H,3-34,43-48H2,1-2H3. The predicted octanol–water partition coefficient (Wildman–Crippen LogP) is 18.4. The predicted molar refractivity (Wildman–Crippen MR) is 271 cm³/mol. The molecule has 2 aromatic carbocycles. The van der Waals surface area contributed by atoms with Crippen LogP contribution in [0.5, 0.6) is 11.5 Å². The molecule has 0 aliphatic carbocycles. The molecule has 0 spiro atoms. The fourth-order valence-corrected chi connectivity index (χ4v) is 10.3. The summed E-state index contributed by atoms with van der Waals surface area (Å²) in [4.78, 5) is 26.9. The van der Waals surface area contributed by atoms with Crippen molar-refractivity contribution < 1.29 is 19.1 Å². The van der Waals surface area contributed by atoms with Gasteiger partial charge in [0.15, 0.2) is 0 Å². The quantitative estimate of drug-likeness (QED) is 0.0373. The molecule has 0 bridgehead atoms. The summed E-state index contributed by atoms with van der Waals surface area (Å²) in [5, 5.41) is 0. The first-order valence-electron chi connectivity index (χ1n) is 25.6. The van der Waals surface area contributed by atoms with Gasteiger partial charge in [-0.1, -0.05) is 218 Å². The molecule has 348 valence electrons. The average molecular weight is 900 g/mol. The van der Waals surface area contributed by atoms with Crippen molar-refractivity contribution in [2.45, 2.75) is 242 Å². The molecule has 2 rings (SSSR count). The highest BCUT2D eigenvalue weighted by molar-refractivity contribution is 7.99. The molecule has 0 aromatic heterocycles. The van der Waals surface area contributed by atoms with Gasteiger partial charge < -0.3 is 9.47 Å². The molecule has 61 heavy (non-hydrogen) atoms. The molecule has 0 unspecified atom stereocenters. The lowest BCUT2D eigenvalue weighted by atomic mass is 10.0. The zero-order chi connectivity index (χ0) is 43.5. The normalized spacial score (nSPS) is 11.3. The number of carbonyl (C=O) groups excluding carboxylic acids is 2. The molecular weight excluding hydrogens is 809 g/mol. The van der Waals surface area contributed by atoms with Gasteiger partial charge in [0.05, 0.1) is 12.8 Å². The second kappa shape index (κ2) is 42.4. The third-order valence-electron chi connectivity index (χ3n) is 11.5. The maximum atomic E-state index is 12.4. The Hall–Kier alpha value is -1.57. The summed E-state index contributed by atoms with van der Waals surface area (Å²) in [5.74, 6) is 4.72. The number of carbonyl (C=O) groups is 2. The second-order valence-electron chi connectivity index (χ2n) is 17.3. The molecule has 7 heteroatoms. The van der Waals surface area contributed by atoms with Crippen LogP contribution in [0.2, 0.25) is 0 Å². The maximum absolute atomic E-state index is 12.4. The number of hydrogen-bond acceptors (Lipinski definition) is 7. The van der Waals surface area contributed by atoms with Crippen LogP contribution in [-0.4, -0.2) is 35.0 Å². The van der Waals surface area contributed by atoms with E-state index in [1.54, 1.807) is 11.8 Å². The highest BCUT2D eigenvalue weighted by Crippen LogP contribution is 2.30. The SMILES string of the molecule is CCCCCCCCCCCCCCCCCCSCCC(=O)Oc1ccc(Sc2ccc(OC(=O)CCSCCCCCCCCCCCCCCCCCC)cc2)cc1. The van der Waals surface area contributed by atoms with Crippen molar-refractivity contribution >= 4 is 47.2 Å². The molecule has 0 aliphatic heterocycles. The number of thioether (sulfide) groups is 2. The summed E-state index contributed by atoms with van der Waals surface area (Å²) >= 11 is 5.36. The van der Waals surface area contributed by atoms with E-state index in [1.165, 1.54) is 205 Å². The van der Waals surface area contributed by atoms with E-state index in [0.717, 1.165) is 32.8 Å². The van der Waals surface area contributed by atoms with Crippen molar-refractivity contribution in [3.8, 4) is 11.5 Å².